The monoisotopic (exact) mass is 606 g/mol. The first-order chi connectivity index (χ1) is 17.7. The molecule has 0 bridgehead atoms. The summed E-state index contributed by atoms with van der Waals surface area (Å²) in [6, 6.07) is 13.1. The van der Waals surface area contributed by atoms with Crippen molar-refractivity contribution in [1.82, 2.24) is 0 Å². The normalized spacial score (nSPS) is 10.8. The molecule has 3 rings (SSSR count). The van der Waals surface area contributed by atoms with E-state index in [0.717, 1.165) is 32.9 Å². The smallest absolute Gasteiger partial charge is 0.0403 e. The minimum absolute atomic E-state index is 0.958. The summed E-state index contributed by atoms with van der Waals surface area (Å²) in [4.78, 5) is 0. The van der Waals surface area contributed by atoms with Gasteiger partial charge in [-0.25, -0.2) is 0 Å². The Labute approximate surface area is 236 Å². The van der Waals surface area contributed by atoms with E-state index >= 15 is 0 Å². The van der Waals surface area contributed by atoms with Crippen molar-refractivity contribution >= 4 is 53.4 Å². The van der Waals surface area contributed by atoms with Gasteiger partial charge in [0.1, 0.15) is 0 Å². The molecule has 3 aromatic carbocycles. The Balaban J connectivity index is 1.89. The highest BCUT2D eigenvalue weighted by atomic mass is 79.9. The molecule has 0 N–H and O–H groups in total. The SMILES string of the molecule is CCCCCCCCC#Cc1c2ccc(Br)cc2c(C#CCCCCCCCC)c2ccc(Br)cc12. The van der Waals surface area contributed by atoms with E-state index in [1.54, 1.807) is 0 Å². The van der Waals surface area contributed by atoms with Crippen molar-refractivity contribution in [1.29, 1.82) is 0 Å². The van der Waals surface area contributed by atoms with Gasteiger partial charge in [-0.15, -0.1) is 0 Å². The molecule has 3 aromatic rings. The van der Waals surface area contributed by atoms with Gasteiger partial charge >= 0.3 is 0 Å². The van der Waals surface area contributed by atoms with Gasteiger partial charge in [-0.1, -0.05) is 146 Å². The first-order valence-corrected chi connectivity index (χ1v) is 15.6. The number of hydrogen-bond acceptors (Lipinski definition) is 0. The second kappa shape index (κ2) is 16.2. The fourth-order valence-electron chi connectivity index (χ4n) is 4.73. The predicted molar refractivity (Wildman–Crippen MR) is 167 cm³/mol. The average Bonchev–Trinajstić information content (AvgIpc) is 2.87. The summed E-state index contributed by atoms with van der Waals surface area (Å²) in [5, 5.41) is 4.78. The molecule has 36 heavy (non-hydrogen) atoms. The lowest BCUT2D eigenvalue weighted by Crippen LogP contribution is -1.91. The molecule has 0 saturated carbocycles. The maximum atomic E-state index is 3.70. The summed E-state index contributed by atoms with van der Waals surface area (Å²) in [6.45, 7) is 4.53. The Morgan fingerprint density at radius 3 is 1.31 bits per heavy atom. The van der Waals surface area contributed by atoms with Gasteiger partial charge in [-0.2, -0.15) is 0 Å². The molecule has 0 aliphatic carbocycles. The molecule has 0 amide bonds. The van der Waals surface area contributed by atoms with Crippen LogP contribution in [-0.2, 0) is 0 Å². The molecule has 0 aliphatic heterocycles. The lowest BCUT2D eigenvalue weighted by Gasteiger charge is -2.12. The van der Waals surface area contributed by atoms with Gasteiger partial charge in [-0.05, 0) is 47.9 Å². The van der Waals surface area contributed by atoms with Crippen LogP contribution in [0.25, 0.3) is 21.5 Å². The summed E-state index contributed by atoms with van der Waals surface area (Å²) in [6.07, 6.45) is 17.5. The highest BCUT2D eigenvalue weighted by molar-refractivity contribution is 9.10. The minimum atomic E-state index is 0.958. The maximum Gasteiger partial charge on any atom is 0.0403 e. The van der Waals surface area contributed by atoms with E-state index in [1.807, 2.05) is 0 Å². The summed E-state index contributed by atoms with van der Waals surface area (Å²) in [5.41, 5.74) is 2.25. The number of fused-ring (bicyclic) bond motifs is 2. The highest BCUT2D eigenvalue weighted by Crippen LogP contribution is 2.35. The van der Waals surface area contributed by atoms with Crippen LogP contribution in [0.5, 0.6) is 0 Å². The van der Waals surface area contributed by atoms with Crippen molar-refractivity contribution < 1.29 is 0 Å². The van der Waals surface area contributed by atoms with Crippen LogP contribution in [0.2, 0.25) is 0 Å². The molecular weight excluding hydrogens is 568 g/mol. The van der Waals surface area contributed by atoms with Gasteiger partial charge in [0.2, 0.25) is 0 Å². The number of rotatable bonds is 12. The van der Waals surface area contributed by atoms with Gasteiger partial charge in [-0.3, -0.25) is 0 Å². The molecule has 0 radical (unpaired) electrons. The standard InChI is InChI=1S/C34H40Br2/c1-3-5-7-9-11-13-15-17-19-29-31-23-21-28(36)26-34(31)30(32-24-22-27(35)25-33(29)32)20-18-16-14-12-10-8-6-4-2/h21-26H,3-16H2,1-2H3. The molecule has 190 valence electrons. The van der Waals surface area contributed by atoms with Crippen LogP contribution in [0.1, 0.15) is 115 Å². The number of hydrogen-bond donors (Lipinski definition) is 0. The fraction of sp³-hybridized carbons (Fsp3) is 0.471. The molecule has 0 spiro atoms. The molecule has 0 heterocycles. The largest absolute Gasteiger partial charge is 0.0978 e. The van der Waals surface area contributed by atoms with Crippen molar-refractivity contribution in [3.05, 3.63) is 56.5 Å². The van der Waals surface area contributed by atoms with Crippen LogP contribution in [0, 0.1) is 23.7 Å². The van der Waals surface area contributed by atoms with Crippen molar-refractivity contribution in [2.45, 2.75) is 104 Å². The van der Waals surface area contributed by atoms with Crippen LogP contribution in [0.3, 0.4) is 0 Å². The Morgan fingerprint density at radius 2 is 0.889 bits per heavy atom. The highest BCUT2D eigenvalue weighted by Gasteiger charge is 2.13. The number of benzene rings is 3. The zero-order valence-electron chi connectivity index (χ0n) is 22.1. The van der Waals surface area contributed by atoms with Gasteiger partial charge in [0, 0.05) is 43.7 Å². The third kappa shape index (κ3) is 8.68. The van der Waals surface area contributed by atoms with Gasteiger partial charge in [0.05, 0.1) is 0 Å². The Bertz CT molecular complexity index is 1150. The van der Waals surface area contributed by atoms with E-state index in [2.05, 4.69) is 106 Å². The van der Waals surface area contributed by atoms with E-state index in [1.165, 1.54) is 98.6 Å². The van der Waals surface area contributed by atoms with Crippen LogP contribution in [-0.4, -0.2) is 0 Å². The van der Waals surface area contributed by atoms with Crippen LogP contribution in [0.4, 0.5) is 0 Å². The Morgan fingerprint density at radius 1 is 0.500 bits per heavy atom. The number of halogens is 2. The molecule has 0 aliphatic rings. The third-order valence-corrected chi connectivity index (χ3v) is 7.76. The topological polar surface area (TPSA) is 0 Å². The number of unbranched alkanes of at least 4 members (excludes halogenated alkanes) is 12. The summed E-state index contributed by atoms with van der Waals surface area (Å²) >= 11 is 7.39. The second-order valence-corrected chi connectivity index (χ2v) is 11.6. The fourth-order valence-corrected chi connectivity index (χ4v) is 5.45. The van der Waals surface area contributed by atoms with Gasteiger partial charge < -0.3 is 0 Å². The summed E-state index contributed by atoms with van der Waals surface area (Å²) in [7, 11) is 0. The van der Waals surface area contributed by atoms with Crippen LogP contribution >= 0.6 is 31.9 Å². The Kier molecular flexibility index (Phi) is 13.0. The van der Waals surface area contributed by atoms with Crippen molar-refractivity contribution in [3.63, 3.8) is 0 Å². The molecule has 0 atom stereocenters. The molecule has 0 nitrogen and oxygen atoms in total. The maximum absolute atomic E-state index is 3.70. The summed E-state index contributed by atoms with van der Waals surface area (Å²) < 4.78 is 2.16. The zero-order valence-corrected chi connectivity index (χ0v) is 25.3. The molecule has 2 heteroatoms. The molecular formula is C34H40Br2. The van der Waals surface area contributed by atoms with E-state index < -0.39 is 0 Å². The van der Waals surface area contributed by atoms with E-state index in [-0.39, 0.29) is 0 Å². The predicted octanol–water partition coefficient (Wildman–Crippen LogP) is 11.7. The minimum Gasteiger partial charge on any atom is -0.0978 e. The van der Waals surface area contributed by atoms with Gasteiger partial charge in [0.15, 0.2) is 0 Å². The zero-order chi connectivity index (χ0) is 25.6. The Hall–Kier alpha value is -1.74. The third-order valence-electron chi connectivity index (χ3n) is 6.78. The van der Waals surface area contributed by atoms with Crippen molar-refractivity contribution in [3.8, 4) is 23.7 Å². The van der Waals surface area contributed by atoms with Gasteiger partial charge in [0.25, 0.3) is 0 Å². The van der Waals surface area contributed by atoms with Crippen LogP contribution < -0.4 is 0 Å². The average molecular weight is 609 g/mol. The lowest BCUT2D eigenvalue weighted by molar-refractivity contribution is 0.614. The lowest BCUT2D eigenvalue weighted by atomic mass is 9.92. The van der Waals surface area contributed by atoms with Crippen molar-refractivity contribution in [2.75, 3.05) is 0 Å². The van der Waals surface area contributed by atoms with E-state index in [9.17, 15) is 0 Å². The molecule has 0 aromatic heterocycles. The van der Waals surface area contributed by atoms with Crippen LogP contribution in [0.15, 0.2) is 45.3 Å². The first-order valence-electron chi connectivity index (χ1n) is 14.0. The summed E-state index contributed by atoms with van der Waals surface area (Å²) in [5.74, 6) is 14.1. The molecule has 0 fully saturated rings. The second-order valence-electron chi connectivity index (χ2n) is 9.77. The van der Waals surface area contributed by atoms with E-state index in [4.69, 9.17) is 0 Å². The molecule has 0 unspecified atom stereocenters. The molecule has 0 saturated heterocycles. The quantitative estimate of drug-likeness (QED) is 0.109. The first kappa shape index (κ1) is 28.8. The van der Waals surface area contributed by atoms with Crippen molar-refractivity contribution in [2.24, 2.45) is 0 Å². The van der Waals surface area contributed by atoms with E-state index in [0.29, 0.717) is 0 Å².